The SMILES string of the molecule is [CH2-]OC(F)(Cl)C(F)(F)Cl.[Rf]. The van der Waals surface area contributed by atoms with Gasteiger partial charge in [0.15, 0.2) is 0 Å². The van der Waals surface area contributed by atoms with E-state index < -0.39 is 10.7 Å². The van der Waals surface area contributed by atoms with Gasteiger partial charge in [0.2, 0.25) is 0 Å². The van der Waals surface area contributed by atoms with E-state index >= 15 is 0 Å². The Morgan fingerprint density at radius 1 is 1.20 bits per heavy atom. The van der Waals surface area contributed by atoms with Crippen LogP contribution >= 0.6 is 23.2 Å². The Labute approximate surface area is 59.7 Å². The van der Waals surface area contributed by atoms with E-state index in [0.29, 0.717) is 0 Å². The molecule has 10 heavy (non-hydrogen) atoms. The van der Waals surface area contributed by atoms with Gasteiger partial charge >= 0.3 is 10.7 Å². The molecule has 0 aliphatic heterocycles. The quantitative estimate of drug-likeness (QED) is 0.466. The van der Waals surface area contributed by atoms with Crippen LogP contribution in [0.1, 0.15) is 0 Å². The molecule has 0 fully saturated rings. The van der Waals surface area contributed by atoms with Crippen molar-refractivity contribution in [2.45, 2.75) is 10.7 Å². The van der Waals surface area contributed by atoms with Crippen molar-refractivity contribution in [2.75, 3.05) is 0 Å². The molecule has 0 saturated carbocycles. The van der Waals surface area contributed by atoms with Crippen LogP contribution in [0.3, 0.4) is 0 Å². The molecule has 1 nitrogen and oxygen atoms in total. The molecule has 0 radical (unpaired) electrons. The van der Waals surface area contributed by atoms with Crippen molar-refractivity contribution < 1.29 is 17.9 Å². The third-order valence-electron chi connectivity index (χ3n) is 0.511. The normalized spacial score (nSPS) is 17.4. The Morgan fingerprint density at radius 3 is 1.50 bits per heavy atom. The molecule has 7 heteroatoms. The average Bonchev–Trinajstić information content (AvgIpc) is 1.64. The van der Waals surface area contributed by atoms with Gasteiger partial charge in [-0.3, -0.25) is 0 Å². The first-order valence-corrected chi connectivity index (χ1v) is 2.44. The van der Waals surface area contributed by atoms with Crippen LogP contribution in [0.5, 0.6) is 0 Å². The fourth-order valence-electron chi connectivity index (χ4n) is 0.0818. The van der Waals surface area contributed by atoms with Crippen LogP contribution in [-0.4, -0.2) is 10.7 Å². The van der Waals surface area contributed by atoms with Crippen LogP contribution in [0.2, 0.25) is 0 Å². The maximum atomic E-state index is 11.9. The second kappa shape index (κ2) is 2.94. The third-order valence-corrected chi connectivity index (χ3v) is 1.20. The van der Waals surface area contributed by atoms with Crippen LogP contribution in [-0.2, 0) is 4.74 Å². The summed E-state index contributed by atoms with van der Waals surface area (Å²) < 4.78 is 38.4. The number of halogens is 5. The molecular weight excluding hydrogens is 447 g/mol. The van der Waals surface area contributed by atoms with E-state index in [9.17, 15) is 13.2 Å². The maximum absolute atomic E-state index is 11.9. The minimum atomic E-state index is -4.27. The number of rotatable bonds is 2. The van der Waals surface area contributed by atoms with Gasteiger partial charge in [0.1, 0.15) is 0 Å². The van der Waals surface area contributed by atoms with Crippen molar-refractivity contribution in [3.05, 3.63) is 7.11 Å². The van der Waals surface area contributed by atoms with Crippen molar-refractivity contribution in [1.29, 1.82) is 0 Å². The fourth-order valence-corrected chi connectivity index (χ4v) is 0.136. The molecule has 0 N–H and O–H groups in total. The Kier molecular flexibility index (Phi) is 3.55. The Hall–Kier alpha value is -0.670. The first-order chi connectivity index (χ1) is 3.81. The molecule has 0 aliphatic carbocycles. The van der Waals surface area contributed by atoms with Gasteiger partial charge in [-0.15, -0.1) is 0 Å². The maximum Gasteiger partial charge on any atom is 0.391 e. The molecule has 0 aliphatic rings. The van der Waals surface area contributed by atoms with E-state index in [0.717, 1.165) is 0 Å². The second-order valence-corrected chi connectivity index (χ2v) is 2.12. The molecule has 0 amide bonds. The van der Waals surface area contributed by atoms with Crippen LogP contribution in [0.4, 0.5) is 13.2 Å². The van der Waals surface area contributed by atoms with Crippen LogP contribution in [0.15, 0.2) is 0 Å². The molecule has 0 bridgehead atoms. The monoisotopic (exact) mass is 448 g/mol. The molecule has 0 spiro atoms. The van der Waals surface area contributed by atoms with Gasteiger partial charge in [-0.05, 0) is 23.2 Å². The summed E-state index contributed by atoms with van der Waals surface area (Å²) in [5.41, 5.74) is 0. The van der Waals surface area contributed by atoms with E-state index in [1.54, 1.807) is 0 Å². The van der Waals surface area contributed by atoms with Crippen LogP contribution < -0.4 is 0 Å². The first-order valence-electron chi connectivity index (χ1n) is 1.69. The summed E-state index contributed by atoms with van der Waals surface area (Å²) in [6.45, 7) is 0. The number of ether oxygens (including phenoxy) is 1. The van der Waals surface area contributed by atoms with Crippen LogP contribution in [0, 0.1) is 7.11 Å². The molecule has 0 aromatic rings. The van der Waals surface area contributed by atoms with E-state index in [1.165, 1.54) is 0 Å². The first kappa shape index (κ1) is 12.0. The molecule has 0 heterocycles. The van der Waals surface area contributed by atoms with Crippen molar-refractivity contribution in [3.8, 4) is 0 Å². The molecule has 58 valence electrons. The average molecular weight is 449 g/mol. The zero-order valence-corrected chi connectivity index (χ0v) is 12.6. The van der Waals surface area contributed by atoms with E-state index in [1.807, 2.05) is 0 Å². The topological polar surface area (TPSA) is 9.23 Å². The predicted molar refractivity (Wildman–Crippen MR) is 26.9 cm³/mol. The summed E-state index contributed by atoms with van der Waals surface area (Å²) in [5, 5.41) is -8.00. The summed E-state index contributed by atoms with van der Waals surface area (Å²) in [6.07, 6.45) is 0. The van der Waals surface area contributed by atoms with Gasteiger partial charge in [0.25, 0.3) is 0 Å². The Bertz CT molecular complexity index is 104. The zero-order valence-electron chi connectivity index (χ0n) is 4.71. The Morgan fingerprint density at radius 2 is 1.50 bits per heavy atom. The standard InChI is InChI=1S/C3H2Cl2F3O.Rf/c1-9-3(5,8)2(4,6)7;/h1H2;/q-1;. The molecule has 1 unspecified atom stereocenters. The van der Waals surface area contributed by atoms with Crippen molar-refractivity contribution in [1.82, 2.24) is 0 Å². The van der Waals surface area contributed by atoms with Crippen LogP contribution in [0.25, 0.3) is 0 Å². The predicted octanol–water partition coefficient (Wildman–Crippen LogP) is 2.49. The number of hydrogen-bond donors (Lipinski definition) is 0. The van der Waals surface area contributed by atoms with Gasteiger partial charge in [-0.25, -0.2) is 7.11 Å². The third kappa shape index (κ3) is 2.29. The molecule has 0 aromatic heterocycles. The van der Waals surface area contributed by atoms with Crippen molar-refractivity contribution in [2.24, 2.45) is 0 Å². The summed E-state index contributed by atoms with van der Waals surface area (Å²) in [4.78, 5) is 0. The second-order valence-electron chi connectivity index (χ2n) is 1.16. The van der Waals surface area contributed by atoms with E-state index in [-0.39, 0.29) is 0 Å². The minimum absolute atomic E-state index is 0. The van der Waals surface area contributed by atoms with Gasteiger partial charge in [0.05, 0.1) is 0 Å². The number of alkyl halides is 5. The van der Waals surface area contributed by atoms with Gasteiger partial charge < -0.3 is 4.74 Å². The van der Waals surface area contributed by atoms with E-state index in [2.05, 4.69) is 35.0 Å². The van der Waals surface area contributed by atoms with Gasteiger partial charge in [0, 0.05) is 0 Å². The van der Waals surface area contributed by atoms with Gasteiger partial charge in [-0.1, -0.05) is 0 Å². The van der Waals surface area contributed by atoms with E-state index in [4.69, 9.17) is 0 Å². The molecule has 0 rings (SSSR count). The zero-order chi connectivity index (χ0) is 7.71. The van der Waals surface area contributed by atoms with Crippen molar-refractivity contribution >= 4 is 23.2 Å². The molecule has 0 saturated heterocycles. The van der Waals surface area contributed by atoms with Crippen molar-refractivity contribution in [3.63, 3.8) is 0 Å². The fraction of sp³-hybridized carbons (Fsp3) is 0.667. The number of hydrogen-bond acceptors (Lipinski definition) is 1. The Balaban J connectivity index is 0. The molecule has 1 atom stereocenters. The summed E-state index contributed by atoms with van der Waals surface area (Å²) >= 11 is 8.48. The molecular formula is C3H2Cl2F3ORf-. The minimum Gasteiger partial charge on any atom is -0.509 e. The summed E-state index contributed by atoms with van der Waals surface area (Å²) in [7, 11) is 2.35. The largest absolute Gasteiger partial charge is 0.509 e. The summed E-state index contributed by atoms with van der Waals surface area (Å²) in [5.74, 6) is 0. The molecule has 0 aromatic carbocycles. The van der Waals surface area contributed by atoms with Gasteiger partial charge in [-0.2, -0.15) is 13.2 Å². The summed E-state index contributed by atoms with van der Waals surface area (Å²) in [6, 6.07) is 0. The smallest absolute Gasteiger partial charge is 0.391 e.